The van der Waals surface area contributed by atoms with E-state index in [4.69, 9.17) is 4.98 Å². The average molecular weight is 369 g/mol. The van der Waals surface area contributed by atoms with Gasteiger partial charge in [0.1, 0.15) is 5.82 Å². The first-order chi connectivity index (χ1) is 12.6. The molecule has 1 aliphatic carbocycles. The summed E-state index contributed by atoms with van der Waals surface area (Å²) in [5.74, 6) is 1.66. The van der Waals surface area contributed by atoms with E-state index in [0.717, 1.165) is 23.0 Å². The number of hydrogen-bond donors (Lipinski definition) is 1. The predicted molar refractivity (Wildman–Crippen MR) is 103 cm³/mol. The van der Waals surface area contributed by atoms with E-state index in [2.05, 4.69) is 22.3 Å². The molecule has 3 aromatic rings. The van der Waals surface area contributed by atoms with Crippen LogP contribution >= 0.6 is 11.8 Å². The van der Waals surface area contributed by atoms with Crippen LogP contribution in [0.15, 0.2) is 29.4 Å². The standard InChI is InChI=1S/C19H23N5OS/c1-12-7-3-5-9-15(12)21-17(25)11-26-19-22-16-10-6-4-8-14(16)18-20-13(2)23-24(18)19/h4,6,8,10,12,15H,3,5,7,9,11H2,1-2H3,(H,21,25)/t12-,15+/m1/s1. The van der Waals surface area contributed by atoms with Crippen molar-refractivity contribution in [1.29, 1.82) is 0 Å². The molecular weight excluding hydrogens is 346 g/mol. The summed E-state index contributed by atoms with van der Waals surface area (Å²) in [6.07, 6.45) is 4.75. The van der Waals surface area contributed by atoms with Crippen molar-refractivity contribution in [3.05, 3.63) is 30.1 Å². The summed E-state index contributed by atoms with van der Waals surface area (Å²) in [7, 11) is 0. The Kier molecular flexibility index (Phi) is 4.80. The third-order valence-corrected chi connectivity index (χ3v) is 5.97. The van der Waals surface area contributed by atoms with Crippen molar-refractivity contribution in [2.75, 3.05) is 5.75 Å². The third kappa shape index (κ3) is 3.40. The number of aromatic nitrogens is 4. The van der Waals surface area contributed by atoms with E-state index in [1.54, 1.807) is 4.52 Å². The number of nitrogens with one attached hydrogen (secondary N) is 1. The van der Waals surface area contributed by atoms with Crippen LogP contribution in [0.4, 0.5) is 0 Å². The van der Waals surface area contributed by atoms with Crippen molar-refractivity contribution >= 4 is 34.2 Å². The molecule has 136 valence electrons. The zero-order valence-corrected chi connectivity index (χ0v) is 15.9. The van der Waals surface area contributed by atoms with Crippen LogP contribution in [0, 0.1) is 12.8 Å². The topological polar surface area (TPSA) is 72.2 Å². The van der Waals surface area contributed by atoms with E-state index >= 15 is 0 Å². The number of rotatable bonds is 4. The summed E-state index contributed by atoms with van der Waals surface area (Å²) >= 11 is 1.41. The lowest BCUT2D eigenvalue weighted by atomic mass is 9.86. The Morgan fingerprint density at radius 1 is 1.27 bits per heavy atom. The highest BCUT2D eigenvalue weighted by Gasteiger charge is 2.23. The molecular formula is C19H23N5OS. The maximum absolute atomic E-state index is 12.4. The molecule has 1 fully saturated rings. The molecule has 0 bridgehead atoms. The smallest absolute Gasteiger partial charge is 0.230 e. The maximum atomic E-state index is 12.4. The number of aryl methyl sites for hydroxylation is 1. The summed E-state index contributed by atoms with van der Waals surface area (Å²) < 4.78 is 1.75. The minimum Gasteiger partial charge on any atom is -0.352 e. The third-order valence-electron chi connectivity index (χ3n) is 5.05. The molecule has 2 aromatic heterocycles. The molecule has 1 amide bonds. The van der Waals surface area contributed by atoms with Gasteiger partial charge in [-0.3, -0.25) is 4.79 Å². The van der Waals surface area contributed by atoms with E-state index in [-0.39, 0.29) is 5.91 Å². The second-order valence-electron chi connectivity index (χ2n) is 7.03. The largest absolute Gasteiger partial charge is 0.352 e. The summed E-state index contributed by atoms with van der Waals surface area (Å²) in [6, 6.07) is 8.19. The number of para-hydroxylation sites is 1. The molecule has 26 heavy (non-hydrogen) atoms. The van der Waals surface area contributed by atoms with Gasteiger partial charge in [0, 0.05) is 11.4 Å². The fourth-order valence-corrected chi connectivity index (χ4v) is 4.39. The average Bonchev–Trinajstić information content (AvgIpc) is 3.03. The van der Waals surface area contributed by atoms with Gasteiger partial charge in [0.15, 0.2) is 10.8 Å². The van der Waals surface area contributed by atoms with Crippen molar-refractivity contribution < 1.29 is 4.79 Å². The van der Waals surface area contributed by atoms with Gasteiger partial charge in [-0.25, -0.2) is 9.97 Å². The summed E-state index contributed by atoms with van der Waals surface area (Å²) in [4.78, 5) is 21.7. The van der Waals surface area contributed by atoms with Gasteiger partial charge in [-0.1, -0.05) is 43.7 Å². The number of carbonyl (C=O) groups excluding carboxylic acids is 1. The Hall–Kier alpha value is -2.15. The molecule has 1 N–H and O–H groups in total. The van der Waals surface area contributed by atoms with Gasteiger partial charge in [-0.05, 0) is 37.8 Å². The summed E-state index contributed by atoms with van der Waals surface area (Å²) in [5.41, 5.74) is 1.66. The molecule has 1 saturated carbocycles. The Balaban J connectivity index is 1.53. The first-order valence-electron chi connectivity index (χ1n) is 9.16. The van der Waals surface area contributed by atoms with Gasteiger partial charge in [-0.15, -0.1) is 5.10 Å². The molecule has 2 atom stereocenters. The van der Waals surface area contributed by atoms with E-state index in [1.807, 2.05) is 31.2 Å². The molecule has 7 heteroatoms. The molecule has 0 saturated heterocycles. The van der Waals surface area contributed by atoms with Crippen molar-refractivity contribution in [1.82, 2.24) is 24.9 Å². The molecule has 1 aromatic carbocycles. The van der Waals surface area contributed by atoms with E-state index < -0.39 is 0 Å². The molecule has 1 aliphatic rings. The minimum atomic E-state index is 0.0636. The van der Waals surface area contributed by atoms with Crippen LogP contribution in [0.2, 0.25) is 0 Å². The number of hydrogen-bond acceptors (Lipinski definition) is 5. The number of carbonyl (C=O) groups is 1. The van der Waals surface area contributed by atoms with E-state index in [1.165, 1.54) is 31.0 Å². The highest BCUT2D eigenvalue weighted by atomic mass is 32.2. The molecule has 0 unspecified atom stereocenters. The van der Waals surface area contributed by atoms with Gasteiger partial charge in [0.25, 0.3) is 0 Å². The molecule has 0 spiro atoms. The number of fused-ring (bicyclic) bond motifs is 3. The van der Waals surface area contributed by atoms with Crippen LogP contribution in [0.25, 0.3) is 16.6 Å². The second-order valence-corrected chi connectivity index (χ2v) is 7.97. The Morgan fingerprint density at radius 2 is 2.08 bits per heavy atom. The van der Waals surface area contributed by atoms with Crippen LogP contribution in [-0.4, -0.2) is 37.3 Å². The van der Waals surface area contributed by atoms with Crippen molar-refractivity contribution in [3.63, 3.8) is 0 Å². The Morgan fingerprint density at radius 3 is 2.92 bits per heavy atom. The SMILES string of the molecule is Cc1nc2c3ccccc3nc(SCC(=O)N[C@H]3CCCC[C@H]3C)n2n1. The summed E-state index contributed by atoms with van der Waals surface area (Å²) in [6.45, 7) is 4.09. The zero-order chi connectivity index (χ0) is 18.1. The Bertz CT molecular complexity index is 954. The quantitative estimate of drug-likeness (QED) is 0.564. The Labute approximate surface area is 156 Å². The van der Waals surface area contributed by atoms with E-state index in [0.29, 0.717) is 28.7 Å². The zero-order valence-electron chi connectivity index (χ0n) is 15.1. The minimum absolute atomic E-state index is 0.0636. The van der Waals surface area contributed by atoms with Crippen LogP contribution < -0.4 is 5.32 Å². The second kappa shape index (κ2) is 7.23. The molecule has 6 nitrogen and oxygen atoms in total. The van der Waals surface area contributed by atoms with Crippen LogP contribution in [0.3, 0.4) is 0 Å². The van der Waals surface area contributed by atoms with Gasteiger partial charge in [-0.2, -0.15) is 4.52 Å². The lowest BCUT2D eigenvalue weighted by Crippen LogP contribution is -2.41. The van der Waals surface area contributed by atoms with Gasteiger partial charge >= 0.3 is 0 Å². The first kappa shape index (κ1) is 17.3. The molecule has 4 rings (SSSR count). The maximum Gasteiger partial charge on any atom is 0.230 e. The van der Waals surface area contributed by atoms with Gasteiger partial charge < -0.3 is 5.32 Å². The van der Waals surface area contributed by atoms with Crippen LogP contribution in [0.1, 0.15) is 38.4 Å². The fourth-order valence-electron chi connectivity index (χ4n) is 3.64. The van der Waals surface area contributed by atoms with Crippen LogP contribution in [-0.2, 0) is 4.79 Å². The van der Waals surface area contributed by atoms with Gasteiger partial charge in [0.05, 0.1) is 11.3 Å². The number of amides is 1. The van der Waals surface area contributed by atoms with Gasteiger partial charge in [0.2, 0.25) is 5.91 Å². The molecule has 2 heterocycles. The van der Waals surface area contributed by atoms with Crippen molar-refractivity contribution in [2.24, 2.45) is 5.92 Å². The lowest BCUT2D eigenvalue weighted by molar-refractivity contribution is -0.119. The normalized spacial score (nSPS) is 20.5. The predicted octanol–water partition coefficient (Wildman–Crippen LogP) is 3.37. The van der Waals surface area contributed by atoms with Crippen LogP contribution in [0.5, 0.6) is 0 Å². The van der Waals surface area contributed by atoms with Crippen molar-refractivity contribution in [3.8, 4) is 0 Å². The van der Waals surface area contributed by atoms with Crippen molar-refractivity contribution in [2.45, 2.75) is 50.7 Å². The fraction of sp³-hybridized carbons (Fsp3) is 0.474. The lowest BCUT2D eigenvalue weighted by Gasteiger charge is -2.29. The van der Waals surface area contributed by atoms with E-state index in [9.17, 15) is 4.79 Å². The highest BCUT2D eigenvalue weighted by molar-refractivity contribution is 7.99. The monoisotopic (exact) mass is 369 g/mol. The molecule has 0 aliphatic heterocycles. The number of nitrogens with zero attached hydrogens (tertiary/aromatic N) is 4. The molecule has 0 radical (unpaired) electrons. The summed E-state index contributed by atoms with van der Waals surface area (Å²) in [5, 5.41) is 9.33. The number of thioether (sulfide) groups is 1. The highest BCUT2D eigenvalue weighted by Crippen LogP contribution is 2.25. The first-order valence-corrected chi connectivity index (χ1v) is 10.1. The number of benzene rings is 1.